The Bertz CT molecular complexity index is 313. The Hall–Kier alpha value is -0.450. The molecule has 1 aliphatic rings. The van der Waals surface area contributed by atoms with Gasteiger partial charge in [-0.1, -0.05) is 6.92 Å². The molecule has 1 aliphatic heterocycles. The molecule has 4 heteroatoms. The molecule has 2 heterocycles. The number of aliphatic hydroxyl groups excluding tert-OH is 1. The third-order valence-corrected chi connectivity index (χ3v) is 4.10. The van der Waals surface area contributed by atoms with E-state index in [0.29, 0.717) is 12.6 Å². The summed E-state index contributed by atoms with van der Waals surface area (Å²) in [6.45, 7) is 4.50. The molecule has 0 amide bonds. The Balaban J connectivity index is 1.95. The van der Waals surface area contributed by atoms with Crippen LogP contribution in [-0.2, 0) is 13.0 Å². The Morgan fingerprint density at radius 2 is 2.53 bits per heavy atom. The fraction of sp³-hybridized carbons (Fsp3) is 0.727. The Morgan fingerprint density at radius 3 is 3.20 bits per heavy atom. The van der Waals surface area contributed by atoms with Crippen LogP contribution in [0.2, 0.25) is 0 Å². The van der Waals surface area contributed by atoms with Crippen molar-refractivity contribution in [3.63, 3.8) is 0 Å². The highest BCUT2D eigenvalue weighted by Gasteiger charge is 2.23. The molecule has 1 N–H and O–H groups in total. The quantitative estimate of drug-likeness (QED) is 0.848. The summed E-state index contributed by atoms with van der Waals surface area (Å²) in [6.07, 6.45) is 5.35. The average Bonchev–Trinajstić information content (AvgIpc) is 2.87. The number of hydrogen-bond acceptors (Lipinski definition) is 4. The Kier molecular flexibility index (Phi) is 3.72. The van der Waals surface area contributed by atoms with E-state index < -0.39 is 0 Å². The zero-order valence-electron chi connectivity index (χ0n) is 9.15. The second-order valence-electron chi connectivity index (χ2n) is 4.02. The highest BCUT2D eigenvalue weighted by atomic mass is 32.1. The van der Waals surface area contributed by atoms with Crippen LogP contribution >= 0.6 is 11.3 Å². The van der Waals surface area contributed by atoms with Crippen LogP contribution in [0.1, 0.15) is 29.7 Å². The molecule has 0 aromatic carbocycles. The predicted molar refractivity (Wildman–Crippen MR) is 62.0 cm³/mol. The molecule has 15 heavy (non-hydrogen) atoms. The predicted octanol–water partition coefficient (Wildman–Crippen LogP) is 1.66. The van der Waals surface area contributed by atoms with E-state index in [1.165, 1.54) is 16.3 Å². The third kappa shape index (κ3) is 2.56. The largest absolute Gasteiger partial charge is 0.395 e. The van der Waals surface area contributed by atoms with Crippen molar-refractivity contribution in [1.82, 2.24) is 9.88 Å². The molecule has 2 rings (SSSR count). The van der Waals surface area contributed by atoms with Crippen molar-refractivity contribution in [3.8, 4) is 0 Å². The SMILES string of the molecule is CCc1ncc(CN2CCC[C@@H]2CO)s1. The minimum Gasteiger partial charge on any atom is -0.395 e. The summed E-state index contributed by atoms with van der Waals surface area (Å²) in [7, 11) is 0. The van der Waals surface area contributed by atoms with Gasteiger partial charge in [-0.15, -0.1) is 11.3 Å². The number of aryl methyl sites for hydroxylation is 1. The van der Waals surface area contributed by atoms with Crippen LogP contribution in [0, 0.1) is 0 Å². The van der Waals surface area contributed by atoms with Crippen LogP contribution in [0.25, 0.3) is 0 Å². The maximum absolute atomic E-state index is 9.21. The molecule has 1 fully saturated rings. The molecule has 0 bridgehead atoms. The molecule has 1 aromatic rings. The molecule has 0 saturated carbocycles. The maximum atomic E-state index is 9.21. The number of hydrogen-bond donors (Lipinski definition) is 1. The van der Waals surface area contributed by atoms with Gasteiger partial charge >= 0.3 is 0 Å². The lowest BCUT2D eigenvalue weighted by molar-refractivity contribution is 0.154. The van der Waals surface area contributed by atoms with Gasteiger partial charge in [0.05, 0.1) is 11.6 Å². The van der Waals surface area contributed by atoms with Gasteiger partial charge in [0.1, 0.15) is 0 Å². The summed E-state index contributed by atoms with van der Waals surface area (Å²) in [4.78, 5) is 8.05. The van der Waals surface area contributed by atoms with Gasteiger partial charge < -0.3 is 5.11 Å². The minimum atomic E-state index is 0.291. The van der Waals surface area contributed by atoms with Gasteiger partial charge in [0.15, 0.2) is 0 Å². The maximum Gasteiger partial charge on any atom is 0.0925 e. The molecule has 0 unspecified atom stereocenters. The topological polar surface area (TPSA) is 36.4 Å². The van der Waals surface area contributed by atoms with Crippen LogP contribution in [0.3, 0.4) is 0 Å². The lowest BCUT2D eigenvalue weighted by Crippen LogP contribution is -2.31. The van der Waals surface area contributed by atoms with E-state index in [1.807, 2.05) is 6.20 Å². The fourth-order valence-electron chi connectivity index (χ4n) is 2.09. The molecule has 1 atom stereocenters. The first-order valence-corrected chi connectivity index (χ1v) is 6.43. The minimum absolute atomic E-state index is 0.291. The zero-order chi connectivity index (χ0) is 10.7. The number of aromatic nitrogens is 1. The van der Waals surface area contributed by atoms with Crippen molar-refractivity contribution in [3.05, 3.63) is 16.1 Å². The Labute approximate surface area is 94.8 Å². The highest BCUT2D eigenvalue weighted by molar-refractivity contribution is 7.11. The third-order valence-electron chi connectivity index (χ3n) is 2.97. The van der Waals surface area contributed by atoms with E-state index in [9.17, 15) is 5.11 Å². The van der Waals surface area contributed by atoms with Gasteiger partial charge in [-0.3, -0.25) is 4.90 Å². The summed E-state index contributed by atoms with van der Waals surface area (Å²) in [5, 5.41) is 10.4. The van der Waals surface area contributed by atoms with Gasteiger partial charge in [-0.05, 0) is 25.8 Å². The standard InChI is InChI=1S/C11H18N2OS/c1-2-11-12-6-10(15-11)7-13-5-3-4-9(13)8-14/h6,9,14H,2-5,7-8H2,1H3/t9-/m1/s1. The second kappa shape index (κ2) is 5.05. The normalized spacial score (nSPS) is 22.4. The van der Waals surface area contributed by atoms with Gasteiger partial charge in [0.2, 0.25) is 0 Å². The highest BCUT2D eigenvalue weighted by Crippen LogP contribution is 2.22. The van der Waals surface area contributed by atoms with E-state index in [0.717, 1.165) is 25.9 Å². The first-order valence-electron chi connectivity index (χ1n) is 5.62. The second-order valence-corrected chi connectivity index (χ2v) is 5.22. The molecule has 3 nitrogen and oxygen atoms in total. The van der Waals surface area contributed by atoms with E-state index >= 15 is 0 Å². The summed E-state index contributed by atoms with van der Waals surface area (Å²) in [5.41, 5.74) is 0. The van der Waals surface area contributed by atoms with Crippen LogP contribution in [-0.4, -0.2) is 34.2 Å². The van der Waals surface area contributed by atoms with Gasteiger partial charge in [0.25, 0.3) is 0 Å². The van der Waals surface area contributed by atoms with Crippen molar-refractivity contribution in [2.24, 2.45) is 0 Å². The Morgan fingerprint density at radius 1 is 1.67 bits per heavy atom. The van der Waals surface area contributed by atoms with Crippen molar-refractivity contribution >= 4 is 11.3 Å². The number of rotatable bonds is 4. The average molecular weight is 226 g/mol. The summed E-state index contributed by atoms with van der Waals surface area (Å²) < 4.78 is 0. The molecule has 0 radical (unpaired) electrons. The van der Waals surface area contributed by atoms with E-state index in [-0.39, 0.29) is 0 Å². The van der Waals surface area contributed by atoms with Crippen molar-refractivity contribution < 1.29 is 5.11 Å². The first kappa shape index (κ1) is 11.0. The first-order chi connectivity index (χ1) is 7.33. The van der Waals surface area contributed by atoms with Gasteiger partial charge in [0, 0.05) is 23.7 Å². The van der Waals surface area contributed by atoms with E-state index in [1.54, 1.807) is 11.3 Å². The number of nitrogens with zero attached hydrogens (tertiary/aromatic N) is 2. The molecule has 84 valence electrons. The van der Waals surface area contributed by atoms with Crippen LogP contribution in [0.5, 0.6) is 0 Å². The number of aliphatic hydroxyl groups is 1. The molecule has 1 aromatic heterocycles. The molecule has 0 spiro atoms. The zero-order valence-corrected chi connectivity index (χ0v) is 9.96. The smallest absolute Gasteiger partial charge is 0.0925 e. The monoisotopic (exact) mass is 226 g/mol. The van der Waals surface area contributed by atoms with E-state index in [2.05, 4.69) is 16.8 Å². The summed E-state index contributed by atoms with van der Waals surface area (Å²) in [6, 6.07) is 0.372. The molecular weight excluding hydrogens is 208 g/mol. The van der Waals surface area contributed by atoms with Crippen LogP contribution < -0.4 is 0 Å². The fourth-order valence-corrected chi connectivity index (χ4v) is 2.98. The number of likely N-dealkylation sites (tertiary alicyclic amines) is 1. The lowest BCUT2D eigenvalue weighted by Gasteiger charge is -2.21. The molecular formula is C11H18N2OS. The van der Waals surface area contributed by atoms with Gasteiger partial charge in [-0.2, -0.15) is 0 Å². The number of thiazole rings is 1. The van der Waals surface area contributed by atoms with Crippen molar-refractivity contribution in [1.29, 1.82) is 0 Å². The van der Waals surface area contributed by atoms with Crippen molar-refractivity contribution in [2.45, 2.75) is 38.8 Å². The van der Waals surface area contributed by atoms with Crippen LogP contribution in [0.15, 0.2) is 6.20 Å². The van der Waals surface area contributed by atoms with Gasteiger partial charge in [-0.25, -0.2) is 4.98 Å². The van der Waals surface area contributed by atoms with E-state index in [4.69, 9.17) is 0 Å². The summed E-state index contributed by atoms with van der Waals surface area (Å²) in [5.74, 6) is 0. The lowest BCUT2D eigenvalue weighted by atomic mass is 10.2. The van der Waals surface area contributed by atoms with Crippen LogP contribution in [0.4, 0.5) is 0 Å². The molecule has 1 saturated heterocycles. The summed E-state index contributed by atoms with van der Waals surface area (Å²) >= 11 is 1.80. The van der Waals surface area contributed by atoms with Crippen molar-refractivity contribution in [2.75, 3.05) is 13.2 Å². The molecule has 0 aliphatic carbocycles.